The van der Waals surface area contributed by atoms with Crippen LogP contribution in [-0.4, -0.2) is 17.8 Å². The van der Waals surface area contributed by atoms with Gasteiger partial charge in [-0.2, -0.15) is 0 Å². The molecule has 0 spiro atoms. The minimum atomic E-state index is -0.617. The van der Waals surface area contributed by atoms with Crippen molar-refractivity contribution in [3.05, 3.63) is 34.6 Å². The zero-order valence-corrected chi connectivity index (χ0v) is 10.3. The summed E-state index contributed by atoms with van der Waals surface area (Å²) in [6, 6.07) is 4.56. The average Bonchev–Trinajstić information content (AvgIpc) is 2.23. The third kappa shape index (κ3) is 2.73. The Balaban J connectivity index is 3.03. The van der Waals surface area contributed by atoms with Gasteiger partial charge in [-0.1, -0.05) is 24.6 Å². The quantitative estimate of drug-likeness (QED) is 0.856. The Bertz CT molecular complexity index is 350. The van der Waals surface area contributed by atoms with Gasteiger partial charge in [-0.3, -0.25) is 0 Å². The van der Waals surface area contributed by atoms with Gasteiger partial charge in [0.2, 0.25) is 0 Å². The molecule has 1 rings (SSSR count). The molecule has 0 amide bonds. The zero-order valence-electron chi connectivity index (χ0n) is 9.50. The van der Waals surface area contributed by atoms with Crippen molar-refractivity contribution >= 4 is 11.6 Å². The van der Waals surface area contributed by atoms with E-state index in [0.717, 1.165) is 0 Å². The summed E-state index contributed by atoms with van der Waals surface area (Å²) in [5, 5.41) is 10.0. The van der Waals surface area contributed by atoms with Crippen molar-refractivity contribution in [2.45, 2.75) is 26.4 Å². The second-order valence-electron chi connectivity index (χ2n) is 4.41. The van der Waals surface area contributed by atoms with Crippen LogP contribution in [0.1, 0.15) is 19.4 Å². The summed E-state index contributed by atoms with van der Waals surface area (Å²) in [7, 11) is 0. The molecule has 2 nitrogen and oxygen atoms in total. The van der Waals surface area contributed by atoms with Gasteiger partial charge in [0.25, 0.3) is 0 Å². The van der Waals surface area contributed by atoms with Crippen LogP contribution in [0.3, 0.4) is 0 Å². The number of nitrogens with two attached hydrogens (primary N) is 1. The van der Waals surface area contributed by atoms with Gasteiger partial charge in [0.15, 0.2) is 0 Å². The Kier molecular flexibility index (Phi) is 4.30. The van der Waals surface area contributed by atoms with Crippen LogP contribution < -0.4 is 5.73 Å². The first-order valence-electron chi connectivity index (χ1n) is 5.22. The maximum Gasteiger partial charge on any atom is 0.127 e. The van der Waals surface area contributed by atoms with E-state index in [1.165, 1.54) is 6.07 Å². The van der Waals surface area contributed by atoms with Crippen molar-refractivity contribution in [1.82, 2.24) is 0 Å². The first kappa shape index (κ1) is 13.4. The summed E-state index contributed by atoms with van der Waals surface area (Å²) in [6.45, 7) is 3.75. The summed E-state index contributed by atoms with van der Waals surface area (Å²) < 4.78 is 13.6. The van der Waals surface area contributed by atoms with E-state index < -0.39 is 11.5 Å². The SMILES string of the molecule is CC(O)C(C)(CN)Cc1c(F)cccc1Cl. The second kappa shape index (κ2) is 5.13. The number of benzene rings is 1. The molecule has 0 aromatic heterocycles. The van der Waals surface area contributed by atoms with Crippen LogP contribution in [0.25, 0.3) is 0 Å². The molecule has 0 heterocycles. The number of hydrogen-bond donors (Lipinski definition) is 2. The van der Waals surface area contributed by atoms with Gasteiger partial charge < -0.3 is 10.8 Å². The molecule has 0 aliphatic carbocycles. The summed E-state index contributed by atoms with van der Waals surface area (Å²) >= 11 is 5.93. The first-order chi connectivity index (χ1) is 7.40. The number of rotatable bonds is 4. The van der Waals surface area contributed by atoms with Crippen LogP contribution in [-0.2, 0) is 6.42 Å². The van der Waals surface area contributed by atoms with Crippen molar-refractivity contribution in [1.29, 1.82) is 0 Å². The molecule has 2 unspecified atom stereocenters. The molecule has 16 heavy (non-hydrogen) atoms. The van der Waals surface area contributed by atoms with Crippen LogP contribution in [0, 0.1) is 11.2 Å². The molecule has 0 aliphatic heterocycles. The second-order valence-corrected chi connectivity index (χ2v) is 4.82. The van der Waals surface area contributed by atoms with Crippen molar-refractivity contribution in [2.24, 2.45) is 11.1 Å². The number of aliphatic hydroxyl groups excluding tert-OH is 1. The molecule has 1 aromatic rings. The zero-order chi connectivity index (χ0) is 12.3. The molecule has 0 fully saturated rings. The Morgan fingerprint density at radius 3 is 2.62 bits per heavy atom. The molecule has 0 saturated carbocycles. The lowest BCUT2D eigenvalue weighted by Gasteiger charge is -2.31. The van der Waals surface area contributed by atoms with Gasteiger partial charge in [0.05, 0.1) is 6.10 Å². The van der Waals surface area contributed by atoms with E-state index in [0.29, 0.717) is 17.0 Å². The number of aliphatic hydroxyl groups is 1. The lowest BCUT2D eigenvalue weighted by Crippen LogP contribution is -2.39. The third-order valence-corrected chi connectivity index (χ3v) is 3.47. The minimum Gasteiger partial charge on any atom is -0.393 e. The summed E-state index contributed by atoms with van der Waals surface area (Å²) in [5.41, 5.74) is 5.48. The fourth-order valence-electron chi connectivity index (χ4n) is 1.50. The summed E-state index contributed by atoms with van der Waals surface area (Å²) in [5.74, 6) is -0.354. The molecule has 90 valence electrons. The van der Waals surface area contributed by atoms with Crippen LogP contribution in [0.4, 0.5) is 4.39 Å². The van der Waals surface area contributed by atoms with Gasteiger partial charge in [-0.15, -0.1) is 0 Å². The highest BCUT2D eigenvalue weighted by molar-refractivity contribution is 6.31. The highest BCUT2D eigenvalue weighted by atomic mass is 35.5. The highest BCUT2D eigenvalue weighted by Crippen LogP contribution is 2.30. The molecule has 0 aliphatic rings. The first-order valence-corrected chi connectivity index (χ1v) is 5.59. The average molecular weight is 246 g/mol. The van der Waals surface area contributed by atoms with E-state index in [9.17, 15) is 9.50 Å². The number of hydrogen-bond acceptors (Lipinski definition) is 2. The van der Waals surface area contributed by atoms with Gasteiger partial charge in [-0.05, 0) is 25.5 Å². The highest BCUT2D eigenvalue weighted by Gasteiger charge is 2.30. The van der Waals surface area contributed by atoms with Crippen LogP contribution >= 0.6 is 11.6 Å². The van der Waals surface area contributed by atoms with E-state index in [1.54, 1.807) is 19.1 Å². The normalized spacial score (nSPS) is 16.9. The lowest BCUT2D eigenvalue weighted by atomic mass is 9.79. The summed E-state index contributed by atoms with van der Waals surface area (Å²) in [6.07, 6.45) is -0.291. The smallest absolute Gasteiger partial charge is 0.127 e. The number of halogens is 2. The van der Waals surface area contributed by atoms with Crippen LogP contribution in [0.15, 0.2) is 18.2 Å². The predicted molar refractivity (Wildman–Crippen MR) is 64.0 cm³/mol. The Morgan fingerprint density at radius 1 is 1.56 bits per heavy atom. The van der Waals surface area contributed by atoms with E-state index in [1.807, 2.05) is 6.92 Å². The minimum absolute atomic E-state index is 0.273. The fraction of sp³-hybridized carbons (Fsp3) is 0.500. The van der Waals surface area contributed by atoms with Crippen molar-refractivity contribution in [3.8, 4) is 0 Å². The maximum atomic E-state index is 13.6. The van der Waals surface area contributed by atoms with Gasteiger partial charge in [0.1, 0.15) is 5.82 Å². The van der Waals surface area contributed by atoms with Crippen LogP contribution in [0.5, 0.6) is 0 Å². The topological polar surface area (TPSA) is 46.2 Å². The molecule has 4 heteroatoms. The standard InChI is InChI=1S/C12H17ClFNO/c1-8(16)12(2,7-15)6-9-10(13)4-3-5-11(9)14/h3-5,8,16H,6-7,15H2,1-2H3. The van der Waals surface area contributed by atoms with E-state index in [4.69, 9.17) is 17.3 Å². The molecule has 2 atom stereocenters. The molecule has 0 radical (unpaired) electrons. The van der Waals surface area contributed by atoms with Gasteiger partial charge in [-0.25, -0.2) is 4.39 Å². The molecular weight excluding hydrogens is 229 g/mol. The van der Waals surface area contributed by atoms with E-state index in [2.05, 4.69) is 0 Å². The predicted octanol–water partition coefficient (Wildman–Crippen LogP) is 2.37. The molecular formula is C12H17ClFNO. The van der Waals surface area contributed by atoms with Gasteiger partial charge in [0, 0.05) is 22.5 Å². The van der Waals surface area contributed by atoms with E-state index in [-0.39, 0.29) is 12.4 Å². The molecule has 1 aromatic carbocycles. The Hall–Kier alpha value is -0.640. The van der Waals surface area contributed by atoms with Crippen LogP contribution in [0.2, 0.25) is 5.02 Å². The Labute approximate surface area is 100 Å². The van der Waals surface area contributed by atoms with Crippen molar-refractivity contribution < 1.29 is 9.50 Å². The van der Waals surface area contributed by atoms with Crippen molar-refractivity contribution in [3.63, 3.8) is 0 Å². The summed E-state index contributed by atoms with van der Waals surface area (Å²) in [4.78, 5) is 0. The Morgan fingerprint density at radius 2 is 2.19 bits per heavy atom. The lowest BCUT2D eigenvalue weighted by molar-refractivity contribution is 0.0583. The molecule has 0 bridgehead atoms. The monoisotopic (exact) mass is 245 g/mol. The van der Waals surface area contributed by atoms with E-state index >= 15 is 0 Å². The van der Waals surface area contributed by atoms with Crippen molar-refractivity contribution in [2.75, 3.05) is 6.54 Å². The maximum absolute atomic E-state index is 13.6. The largest absolute Gasteiger partial charge is 0.393 e. The van der Waals surface area contributed by atoms with Gasteiger partial charge >= 0.3 is 0 Å². The molecule has 0 saturated heterocycles. The molecule has 3 N–H and O–H groups in total. The third-order valence-electron chi connectivity index (χ3n) is 3.12. The fourth-order valence-corrected chi connectivity index (χ4v) is 1.73.